The Morgan fingerprint density at radius 1 is 0.509 bits per heavy atom. The molecule has 1 aliphatic carbocycles. The van der Waals surface area contributed by atoms with Crippen LogP contribution in [0, 0.1) is 0 Å². The molecule has 3 heteroatoms. The van der Waals surface area contributed by atoms with E-state index in [1.54, 1.807) is 0 Å². The van der Waals surface area contributed by atoms with Gasteiger partial charge < -0.3 is 14.1 Å². The average molecular weight is 680 g/mol. The lowest BCUT2D eigenvalue weighted by atomic mass is 9.83. The fourth-order valence-corrected chi connectivity index (χ4v) is 8.62. The van der Waals surface area contributed by atoms with Crippen molar-refractivity contribution in [3.63, 3.8) is 0 Å². The van der Waals surface area contributed by atoms with Crippen LogP contribution in [0.15, 0.2) is 193 Å². The molecular formula is C50H33NO2. The number of allylic oxidation sites excluding steroid dienone is 2. The maximum absolute atomic E-state index is 7.00. The predicted octanol–water partition coefficient (Wildman–Crippen LogP) is 13.5. The maximum atomic E-state index is 7.00. The summed E-state index contributed by atoms with van der Waals surface area (Å²) in [5.41, 5.74) is 11.0. The van der Waals surface area contributed by atoms with E-state index in [4.69, 9.17) is 9.15 Å². The van der Waals surface area contributed by atoms with Crippen LogP contribution in [0.4, 0.5) is 17.1 Å². The summed E-state index contributed by atoms with van der Waals surface area (Å²) >= 11 is 0. The van der Waals surface area contributed by atoms with Crippen LogP contribution in [-0.4, -0.2) is 6.10 Å². The van der Waals surface area contributed by atoms with Crippen LogP contribution in [0.1, 0.15) is 17.0 Å². The second kappa shape index (κ2) is 11.9. The lowest BCUT2D eigenvalue weighted by molar-refractivity contribution is 0.281. The number of fused-ring (bicyclic) bond motifs is 9. The molecule has 0 saturated carbocycles. The van der Waals surface area contributed by atoms with Gasteiger partial charge in [0.1, 0.15) is 23.0 Å². The Morgan fingerprint density at radius 2 is 1.21 bits per heavy atom. The van der Waals surface area contributed by atoms with E-state index in [1.165, 1.54) is 38.6 Å². The number of anilines is 3. The number of rotatable bonds is 5. The number of nitrogens with zero attached hydrogens (tertiary/aromatic N) is 1. The zero-order valence-electron chi connectivity index (χ0n) is 28.8. The van der Waals surface area contributed by atoms with Crippen molar-refractivity contribution in [3.05, 3.63) is 199 Å². The minimum Gasteiger partial charge on any atom is -0.484 e. The number of ether oxygens (including phenoxy) is 1. The molecule has 1 aromatic heterocycles. The fourth-order valence-electron chi connectivity index (χ4n) is 8.62. The molecule has 2 atom stereocenters. The number of hydrogen-bond donors (Lipinski definition) is 0. The largest absolute Gasteiger partial charge is 0.484 e. The van der Waals surface area contributed by atoms with Crippen LogP contribution in [0.25, 0.3) is 60.2 Å². The molecule has 0 N–H and O–H groups in total. The van der Waals surface area contributed by atoms with Gasteiger partial charge in [0.2, 0.25) is 0 Å². The van der Waals surface area contributed by atoms with Crippen LogP contribution in [-0.2, 0) is 0 Å². The Morgan fingerprint density at radius 3 is 2.08 bits per heavy atom. The molecule has 3 nitrogen and oxygen atoms in total. The van der Waals surface area contributed by atoms with Crippen molar-refractivity contribution in [3.8, 4) is 16.9 Å². The number of furan rings is 1. The monoisotopic (exact) mass is 679 g/mol. The fraction of sp³-hybridized carbons (Fsp3) is 0.0400. The molecule has 2 heterocycles. The maximum Gasteiger partial charge on any atom is 0.137 e. The molecule has 8 aromatic carbocycles. The highest BCUT2D eigenvalue weighted by Gasteiger charge is 2.39. The molecule has 0 fully saturated rings. The summed E-state index contributed by atoms with van der Waals surface area (Å²) in [5.74, 6) is 1.04. The normalized spacial score (nSPS) is 16.1. The molecule has 1 aliphatic heterocycles. The first-order valence-corrected chi connectivity index (χ1v) is 18.2. The molecule has 0 amide bonds. The van der Waals surface area contributed by atoms with E-state index in [0.29, 0.717) is 0 Å². The van der Waals surface area contributed by atoms with Gasteiger partial charge in [-0.25, -0.2) is 0 Å². The summed E-state index contributed by atoms with van der Waals surface area (Å²) in [7, 11) is 0. The van der Waals surface area contributed by atoms with Gasteiger partial charge >= 0.3 is 0 Å². The highest BCUT2D eigenvalue weighted by Crippen LogP contribution is 2.54. The summed E-state index contributed by atoms with van der Waals surface area (Å²) in [6.07, 6.45) is 6.60. The van der Waals surface area contributed by atoms with Crippen molar-refractivity contribution in [2.24, 2.45) is 0 Å². The minimum atomic E-state index is -0.106. The van der Waals surface area contributed by atoms with Crippen LogP contribution >= 0.6 is 0 Å². The molecule has 0 spiro atoms. The molecule has 11 rings (SSSR count). The minimum absolute atomic E-state index is 0.0784. The van der Waals surface area contributed by atoms with E-state index >= 15 is 0 Å². The first-order chi connectivity index (χ1) is 26.3. The van der Waals surface area contributed by atoms with Crippen molar-refractivity contribution < 1.29 is 9.15 Å². The van der Waals surface area contributed by atoms with Gasteiger partial charge in [0.25, 0.3) is 0 Å². The van der Waals surface area contributed by atoms with Gasteiger partial charge in [0, 0.05) is 38.9 Å². The van der Waals surface area contributed by atoms with Gasteiger partial charge in [-0.2, -0.15) is 0 Å². The van der Waals surface area contributed by atoms with E-state index in [2.05, 4.69) is 187 Å². The summed E-state index contributed by atoms with van der Waals surface area (Å²) in [6, 6.07) is 60.6. The first-order valence-electron chi connectivity index (χ1n) is 18.2. The Labute approximate surface area is 307 Å². The Hall–Kier alpha value is -6.84. The predicted molar refractivity (Wildman–Crippen MR) is 220 cm³/mol. The van der Waals surface area contributed by atoms with Crippen LogP contribution in [0.5, 0.6) is 5.75 Å². The smallest absolute Gasteiger partial charge is 0.137 e. The van der Waals surface area contributed by atoms with E-state index in [0.717, 1.165) is 55.5 Å². The van der Waals surface area contributed by atoms with E-state index < -0.39 is 0 Å². The summed E-state index contributed by atoms with van der Waals surface area (Å²) in [4.78, 5) is 2.42. The van der Waals surface area contributed by atoms with Crippen molar-refractivity contribution in [1.29, 1.82) is 0 Å². The third-order valence-corrected chi connectivity index (χ3v) is 11.0. The third-order valence-electron chi connectivity index (χ3n) is 11.0. The van der Waals surface area contributed by atoms with Gasteiger partial charge in [-0.15, -0.1) is 0 Å². The Bertz CT molecular complexity index is 2930. The zero-order valence-corrected chi connectivity index (χ0v) is 28.8. The number of benzene rings is 8. The SMILES string of the molecule is C1=CC2c3cc(N(c4ccc(-c5cccc6ccccc56)cc4)c4cccc5oc6ccccc6c45)c4ccccc4c3OC2C(c2ccccc2)=C1. The molecule has 0 saturated heterocycles. The van der Waals surface area contributed by atoms with Gasteiger partial charge in [-0.05, 0) is 63.9 Å². The molecule has 53 heavy (non-hydrogen) atoms. The van der Waals surface area contributed by atoms with Gasteiger partial charge in [-0.1, -0.05) is 152 Å². The van der Waals surface area contributed by atoms with Crippen molar-refractivity contribution >= 4 is 66.1 Å². The van der Waals surface area contributed by atoms with Gasteiger partial charge in [0.15, 0.2) is 0 Å². The summed E-state index contributed by atoms with van der Waals surface area (Å²) in [6.45, 7) is 0. The summed E-state index contributed by atoms with van der Waals surface area (Å²) < 4.78 is 13.5. The number of hydrogen-bond acceptors (Lipinski definition) is 3. The molecule has 2 unspecified atom stereocenters. The van der Waals surface area contributed by atoms with Crippen molar-refractivity contribution in [2.75, 3.05) is 4.90 Å². The second-order valence-corrected chi connectivity index (χ2v) is 14.0. The lowest BCUT2D eigenvalue weighted by Crippen LogP contribution is -2.21. The van der Waals surface area contributed by atoms with E-state index in [9.17, 15) is 0 Å². The number of para-hydroxylation sites is 1. The molecule has 9 aromatic rings. The third kappa shape index (κ3) is 4.67. The van der Waals surface area contributed by atoms with E-state index in [1.807, 2.05) is 6.07 Å². The highest BCUT2D eigenvalue weighted by molar-refractivity contribution is 6.15. The van der Waals surface area contributed by atoms with Crippen molar-refractivity contribution in [1.82, 2.24) is 0 Å². The van der Waals surface area contributed by atoms with Gasteiger partial charge in [-0.3, -0.25) is 0 Å². The second-order valence-electron chi connectivity index (χ2n) is 14.0. The standard InChI is InChI=1S/C50H33NO2/c1-2-13-33(14-3-1)38-22-11-23-41-43-31-45(39-18-6-7-19-40(39)50(43)53-49(38)41)51(44-24-12-26-47-48(44)42-20-8-9-25-46(42)52-47)35-29-27-34(28-30-35)37-21-10-16-32-15-4-5-17-36(32)37/h1-31,41,49H. The summed E-state index contributed by atoms with van der Waals surface area (Å²) in [5, 5.41) is 6.90. The molecular weight excluding hydrogens is 647 g/mol. The molecule has 2 aliphatic rings. The highest BCUT2D eigenvalue weighted by atomic mass is 16.5. The van der Waals surface area contributed by atoms with Crippen molar-refractivity contribution in [2.45, 2.75) is 12.0 Å². The Kier molecular flexibility index (Phi) is 6.68. The molecule has 250 valence electrons. The van der Waals surface area contributed by atoms with Gasteiger partial charge in [0.05, 0.1) is 16.8 Å². The lowest BCUT2D eigenvalue weighted by Gasteiger charge is -2.28. The average Bonchev–Trinajstić information content (AvgIpc) is 3.81. The van der Waals surface area contributed by atoms with E-state index in [-0.39, 0.29) is 12.0 Å². The van der Waals surface area contributed by atoms with Crippen LogP contribution in [0.2, 0.25) is 0 Å². The van der Waals surface area contributed by atoms with Crippen LogP contribution in [0.3, 0.4) is 0 Å². The quantitative estimate of drug-likeness (QED) is 0.181. The topological polar surface area (TPSA) is 25.6 Å². The first kappa shape index (κ1) is 29.8. The zero-order chi connectivity index (χ0) is 34.9. The molecule has 0 bridgehead atoms. The Balaban J connectivity index is 1.14. The molecule has 0 radical (unpaired) electrons. The van der Waals surface area contributed by atoms with Crippen LogP contribution < -0.4 is 9.64 Å².